The highest BCUT2D eigenvalue weighted by molar-refractivity contribution is 5.30. The van der Waals surface area contributed by atoms with Gasteiger partial charge in [0, 0.05) is 37.7 Å². The molecule has 5 heteroatoms. The van der Waals surface area contributed by atoms with Crippen molar-refractivity contribution in [1.29, 1.82) is 0 Å². The summed E-state index contributed by atoms with van der Waals surface area (Å²) in [6, 6.07) is 10.1. The first-order valence-corrected chi connectivity index (χ1v) is 6.59. The molecule has 0 unspecified atom stereocenters. The van der Waals surface area contributed by atoms with Crippen molar-refractivity contribution in [1.82, 2.24) is 24.6 Å². The fraction of sp³-hybridized carbons (Fsp3) is 0.200. The maximum absolute atomic E-state index is 4.38. The molecule has 102 valence electrons. The third kappa shape index (κ3) is 2.78. The highest BCUT2D eigenvalue weighted by Gasteiger charge is 2.02. The maximum atomic E-state index is 4.38. The van der Waals surface area contributed by atoms with Crippen LogP contribution in [-0.2, 0) is 20.1 Å². The molecular formula is C15H17N5. The molecule has 0 aliphatic rings. The van der Waals surface area contributed by atoms with Gasteiger partial charge in [0.15, 0.2) is 0 Å². The van der Waals surface area contributed by atoms with E-state index < -0.39 is 0 Å². The highest BCUT2D eigenvalue weighted by atomic mass is 15.3. The molecule has 0 fully saturated rings. The minimum absolute atomic E-state index is 0.750. The standard InChI is InChI=1S/C15H17N5/c1-19-8-7-17-15(19)11-16-9-13-10-18-20(12-13)14-5-3-2-4-6-14/h2-8,10,12,16H,9,11H2,1H3. The van der Waals surface area contributed by atoms with E-state index in [0.29, 0.717) is 0 Å². The van der Waals surface area contributed by atoms with E-state index in [2.05, 4.69) is 15.4 Å². The zero-order valence-corrected chi connectivity index (χ0v) is 11.4. The Balaban J connectivity index is 1.59. The summed E-state index contributed by atoms with van der Waals surface area (Å²) in [5.41, 5.74) is 2.23. The molecule has 5 nitrogen and oxygen atoms in total. The van der Waals surface area contributed by atoms with E-state index in [0.717, 1.165) is 30.2 Å². The average Bonchev–Trinajstić information content (AvgIpc) is 3.10. The number of benzene rings is 1. The summed E-state index contributed by atoms with van der Waals surface area (Å²) in [7, 11) is 2.00. The van der Waals surface area contributed by atoms with Gasteiger partial charge in [0.2, 0.25) is 0 Å². The van der Waals surface area contributed by atoms with Crippen molar-refractivity contribution in [2.75, 3.05) is 0 Å². The van der Waals surface area contributed by atoms with Crippen molar-refractivity contribution in [2.24, 2.45) is 7.05 Å². The van der Waals surface area contributed by atoms with Crippen LogP contribution in [0.3, 0.4) is 0 Å². The van der Waals surface area contributed by atoms with E-state index in [-0.39, 0.29) is 0 Å². The SMILES string of the molecule is Cn1ccnc1CNCc1cnn(-c2ccccc2)c1. The Morgan fingerprint density at radius 1 is 1.15 bits per heavy atom. The summed E-state index contributed by atoms with van der Waals surface area (Å²) >= 11 is 0. The molecule has 1 aromatic carbocycles. The Morgan fingerprint density at radius 3 is 2.75 bits per heavy atom. The van der Waals surface area contributed by atoms with Crippen molar-refractivity contribution in [3.8, 4) is 5.69 Å². The van der Waals surface area contributed by atoms with Crippen LogP contribution in [0, 0.1) is 0 Å². The largest absolute Gasteiger partial charge is 0.337 e. The molecule has 2 aromatic heterocycles. The third-order valence-corrected chi connectivity index (χ3v) is 3.19. The number of aromatic nitrogens is 4. The fourth-order valence-electron chi connectivity index (χ4n) is 2.06. The molecule has 0 bridgehead atoms. The van der Waals surface area contributed by atoms with Crippen LogP contribution in [0.5, 0.6) is 0 Å². The monoisotopic (exact) mass is 267 g/mol. The van der Waals surface area contributed by atoms with Crippen molar-refractivity contribution >= 4 is 0 Å². The Kier molecular flexibility index (Phi) is 3.60. The molecule has 0 saturated carbocycles. The summed E-state index contributed by atoms with van der Waals surface area (Å²) in [5.74, 6) is 1.03. The Bertz CT molecular complexity index is 668. The second-order valence-corrected chi connectivity index (χ2v) is 4.69. The predicted octanol–water partition coefficient (Wildman–Crippen LogP) is 1.90. The van der Waals surface area contributed by atoms with Gasteiger partial charge in [0.05, 0.1) is 18.4 Å². The molecule has 0 aliphatic heterocycles. The second kappa shape index (κ2) is 5.71. The van der Waals surface area contributed by atoms with E-state index in [9.17, 15) is 0 Å². The lowest BCUT2D eigenvalue weighted by atomic mass is 10.3. The summed E-state index contributed by atoms with van der Waals surface area (Å²) in [6.07, 6.45) is 7.69. The lowest BCUT2D eigenvalue weighted by molar-refractivity contribution is 0.639. The quantitative estimate of drug-likeness (QED) is 0.768. The molecule has 0 spiro atoms. The van der Waals surface area contributed by atoms with Crippen LogP contribution < -0.4 is 5.32 Å². The van der Waals surface area contributed by atoms with E-state index in [1.54, 1.807) is 0 Å². The van der Waals surface area contributed by atoms with Gasteiger partial charge in [0.25, 0.3) is 0 Å². The summed E-state index contributed by atoms with van der Waals surface area (Å²) < 4.78 is 3.90. The molecule has 0 radical (unpaired) electrons. The summed E-state index contributed by atoms with van der Waals surface area (Å²) in [5, 5.41) is 7.75. The van der Waals surface area contributed by atoms with E-state index >= 15 is 0 Å². The molecule has 20 heavy (non-hydrogen) atoms. The number of nitrogens with one attached hydrogen (secondary N) is 1. The lowest BCUT2D eigenvalue weighted by Crippen LogP contribution is -2.15. The topological polar surface area (TPSA) is 47.7 Å². The molecule has 0 atom stereocenters. The van der Waals surface area contributed by atoms with Gasteiger partial charge in [-0.05, 0) is 12.1 Å². The molecule has 0 saturated heterocycles. The number of para-hydroxylation sites is 1. The predicted molar refractivity (Wildman–Crippen MR) is 77.3 cm³/mol. The summed E-state index contributed by atoms with van der Waals surface area (Å²) in [4.78, 5) is 4.28. The van der Waals surface area contributed by atoms with Gasteiger partial charge in [0.1, 0.15) is 5.82 Å². The Morgan fingerprint density at radius 2 is 2.00 bits per heavy atom. The lowest BCUT2D eigenvalue weighted by Gasteiger charge is -2.03. The first kappa shape index (κ1) is 12.6. The second-order valence-electron chi connectivity index (χ2n) is 4.69. The van der Waals surface area contributed by atoms with Gasteiger partial charge >= 0.3 is 0 Å². The van der Waals surface area contributed by atoms with Gasteiger partial charge in [-0.25, -0.2) is 9.67 Å². The molecule has 2 heterocycles. The van der Waals surface area contributed by atoms with Crippen molar-refractivity contribution < 1.29 is 0 Å². The zero-order chi connectivity index (χ0) is 13.8. The van der Waals surface area contributed by atoms with Crippen LogP contribution in [0.1, 0.15) is 11.4 Å². The van der Waals surface area contributed by atoms with Gasteiger partial charge < -0.3 is 9.88 Å². The number of aryl methyl sites for hydroxylation is 1. The number of rotatable bonds is 5. The first-order valence-electron chi connectivity index (χ1n) is 6.59. The summed E-state index contributed by atoms with van der Waals surface area (Å²) in [6.45, 7) is 1.53. The highest BCUT2D eigenvalue weighted by Crippen LogP contribution is 2.07. The molecule has 3 rings (SSSR count). The number of nitrogens with zero attached hydrogens (tertiary/aromatic N) is 4. The van der Waals surface area contributed by atoms with Crippen LogP contribution in [0.25, 0.3) is 5.69 Å². The van der Waals surface area contributed by atoms with Gasteiger partial charge in [-0.3, -0.25) is 0 Å². The first-order chi connectivity index (χ1) is 9.83. The van der Waals surface area contributed by atoms with Crippen molar-refractivity contribution in [3.63, 3.8) is 0 Å². The van der Waals surface area contributed by atoms with Crippen molar-refractivity contribution in [3.05, 3.63) is 66.5 Å². The van der Waals surface area contributed by atoms with E-state index in [4.69, 9.17) is 0 Å². The molecule has 0 amide bonds. The Labute approximate surface area is 117 Å². The molecular weight excluding hydrogens is 250 g/mol. The number of hydrogen-bond donors (Lipinski definition) is 1. The Hall–Kier alpha value is -2.40. The smallest absolute Gasteiger partial charge is 0.122 e. The van der Waals surface area contributed by atoms with Crippen LogP contribution in [0.2, 0.25) is 0 Å². The third-order valence-electron chi connectivity index (χ3n) is 3.19. The maximum Gasteiger partial charge on any atom is 0.122 e. The van der Waals surface area contributed by atoms with E-state index in [1.807, 2.05) is 71.4 Å². The molecule has 1 N–H and O–H groups in total. The van der Waals surface area contributed by atoms with Crippen molar-refractivity contribution in [2.45, 2.75) is 13.1 Å². The number of hydrogen-bond acceptors (Lipinski definition) is 3. The van der Waals surface area contributed by atoms with E-state index in [1.165, 1.54) is 0 Å². The minimum Gasteiger partial charge on any atom is -0.337 e. The van der Waals surface area contributed by atoms with Gasteiger partial charge in [-0.2, -0.15) is 5.10 Å². The minimum atomic E-state index is 0.750. The fourth-order valence-corrected chi connectivity index (χ4v) is 2.06. The number of imidazole rings is 1. The molecule has 0 aliphatic carbocycles. The van der Waals surface area contributed by atoms with Crippen LogP contribution >= 0.6 is 0 Å². The average molecular weight is 267 g/mol. The van der Waals surface area contributed by atoms with Gasteiger partial charge in [-0.1, -0.05) is 18.2 Å². The van der Waals surface area contributed by atoms with Crippen LogP contribution in [0.4, 0.5) is 0 Å². The van der Waals surface area contributed by atoms with Crippen LogP contribution in [-0.4, -0.2) is 19.3 Å². The van der Waals surface area contributed by atoms with Crippen LogP contribution in [0.15, 0.2) is 55.1 Å². The normalized spacial score (nSPS) is 10.8. The van der Waals surface area contributed by atoms with Gasteiger partial charge in [-0.15, -0.1) is 0 Å². The zero-order valence-electron chi connectivity index (χ0n) is 11.4. The molecule has 3 aromatic rings.